The van der Waals surface area contributed by atoms with Crippen molar-refractivity contribution in [3.05, 3.63) is 42.5 Å². The fraction of sp³-hybridized carbons (Fsp3) is 0.333. The average Bonchev–Trinajstić information content (AvgIpc) is 3.14. The normalized spacial score (nSPS) is 17.0. The first-order valence-corrected chi connectivity index (χ1v) is 9.53. The van der Waals surface area contributed by atoms with Crippen molar-refractivity contribution in [1.82, 2.24) is 10.1 Å². The van der Waals surface area contributed by atoms with E-state index in [9.17, 15) is 18.0 Å². The maximum absolute atomic E-state index is 12.3. The summed E-state index contributed by atoms with van der Waals surface area (Å²) in [5.74, 6) is -0.0823. The van der Waals surface area contributed by atoms with E-state index < -0.39 is 6.36 Å². The number of nitrogens with zero attached hydrogens (tertiary/aromatic N) is 2. The molecule has 1 aromatic heterocycles. The van der Waals surface area contributed by atoms with Crippen LogP contribution in [-0.4, -0.2) is 54.7 Å². The molecular weight excluding hydrogens is 417 g/mol. The molecule has 2 aromatic carbocycles. The molecule has 0 radical (unpaired) electrons. The summed E-state index contributed by atoms with van der Waals surface area (Å²) in [6.45, 7) is 3.04. The summed E-state index contributed by atoms with van der Waals surface area (Å²) >= 11 is 0. The van der Waals surface area contributed by atoms with Crippen LogP contribution in [0.2, 0.25) is 0 Å². The maximum Gasteiger partial charge on any atom is 0.573 e. The van der Waals surface area contributed by atoms with Gasteiger partial charge in [0.1, 0.15) is 12.4 Å². The molecule has 31 heavy (non-hydrogen) atoms. The number of ether oxygens (including phenoxy) is 3. The van der Waals surface area contributed by atoms with Crippen molar-refractivity contribution in [1.29, 1.82) is 0 Å². The number of hydrogen-bond acceptors (Lipinski definition) is 6. The third kappa shape index (κ3) is 4.91. The highest BCUT2D eigenvalue weighted by Crippen LogP contribution is 2.32. The number of alkyl halides is 3. The lowest BCUT2D eigenvalue weighted by molar-refractivity contribution is -0.274. The van der Waals surface area contributed by atoms with E-state index in [1.807, 2.05) is 0 Å². The van der Waals surface area contributed by atoms with E-state index in [1.165, 1.54) is 31.2 Å². The van der Waals surface area contributed by atoms with Crippen LogP contribution in [0.25, 0.3) is 22.1 Å². The fourth-order valence-corrected chi connectivity index (χ4v) is 3.43. The summed E-state index contributed by atoms with van der Waals surface area (Å²) < 4.78 is 57.5. The molecule has 3 aromatic rings. The Bertz CT molecular complexity index is 1070. The first-order valence-electron chi connectivity index (χ1n) is 9.53. The quantitative estimate of drug-likeness (QED) is 0.602. The smallest absolute Gasteiger partial charge is 0.473 e. The van der Waals surface area contributed by atoms with Crippen molar-refractivity contribution in [2.24, 2.45) is 0 Å². The minimum Gasteiger partial charge on any atom is -0.473 e. The van der Waals surface area contributed by atoms with Crippen molar-refractivity contribution in [3.8, 4) is 22.8 Å². The second-order valence-electron chi connectivity index (χ2n) is 7.02. The summed E-state index contributed by atoms with van der Waals surface area (Å²) in [4.78, 5) is 13.5. The number of rotatable bonds is 5. The van der Waals surface area contributed by atoms with Crippen LogP contribution in [0.4, 0.5) is 13.2 Å². The number of amides is 1. The van der Waals surface area contributed by atoms with Crippen molar-refractivity contribution in [2.45, 2.75) is 19.3 Å². The minimum absolute atomic E-state index is 0.0536. The van der Waals surface area contributed by atoms with Gasteiger partial charge in [-0.1, -0.05) is 18.2 Å². The lowest BCUT2D eigenvalue weighted by atomic mass is 10.0. The van der Waals surface area contributed by atoms with Gasteiger partial charge in [-0.2, -0.15) is 0 Å². The standard InChI is InChI=1S/C21H19F3N2O5/c1-13(27)26-8-9-28-11-16(26)12-29-20-18-10-15(4-7-19(18)31-25-20)14-2-5-17(6-3-14)30-21(22,23)24/h2-7,10,16H,8-9,11-12H2,1H3/t16-/m1/s1. The van der Waals surface area contributed by atoms with Gasteiger partial charge in [0.05, 0.1) is 24.6 Å². The monoisotopic (exact) mass is 436 g/mol. The molecule has 0 unspecified atom stereocenters. The molecule has 1 aliphatic heterocycles. The van der Waals surface area contributed by atoms with Gasteiger partial charge in [-0.3, -0.25) is 4.79 Å². The molecule has 10 heteroatoms. The molecule has 1 atom stereocenters. The summed E-state index contributed by atoms with van der Waals surface area (Å²) in [7, 11) is 0. The average molecular weight is 436 g/mol. The van der Waals surface area contributed by atoms with Gasteiger partial charge in [-0.25, -0.2) is 0 Å². The van der Waals surface area contributed by atoms with E-state index in [0.717, 1.165) is 5.56 Å². The summed E-state index contributed by atoms with van der Waals surface area (Å²) in [5.41, 5.74) is 1.93. The van der Waals surface area contributed by atoms with E-state index >= 15 is 0 Å². The molecule has 7 nitrogen and oxygen atoms in total. The largest absolute Gasteiger partial charge is 0.573 e. The van der Waals surface area contributed by atoms with Gasteiger partial charge < -0.3 is 23.6 Å². The Balaban J connectivity index is 1.52. The molecule has 0 aliphatic carbocycles. The third-order valence-electron chi connectivity index (χ3n) is 4.90. The predicted molar refractivity (Wildman–Crippen MR) is 104 cm³/mol. The molecule has 1 fully saturated rings. The van der Waals surface area contributed by atoms with Crippen LogP contribution in [0.3, 0.4) is 0 Å². The number of carbonyl (C=O) groups excluding carboxylic acids is 1. The highest BCUT2D eigenvalue weighted by atomic mass is 19.4. The predicted octanol–water partition coefficient (Wildman–Crippen LogP) is 4.02. The minimum atomic E-state index is -4.74. The van der Waals surface area contributed by atoms with Gasteiger partial charge in [0.2, 0.25) is 5.91 Å². The van der Waals surface area contributed by atoms with Gasteiger partial charge in [-0.15, -0.1) is 13.2 Å². The van der Waals surface area contributed by atoms with Crippen LogP contribution < -0.4 is 9.47 Å². The van der Waals surface area contributed by atoms with Crippen LogP contribution in [0.15, 0.2) is 47.0 Å². The van der Waals surface area contributed by atoms with Crippen LogP contribution in [0.1, 0.15) is 6.92 Å². The molecule has 0 saturated carbocycles. The molecule has 0 N–H and O–H groups in total. The van der Waals surface area contributed by atoms with Crippen LogP contribution in [-0.2, 0) is 9.53 Å². The Morgan fingerprint density at radius 1 is 1.19 bits per heavy atom. The van der Waals surface area contributed by atoms with Crippen molar-refractivity contribution in [3.63, 3.8) is 0 Å². The summed E-state index contributed by atoms with van der Waals surface area (Å²) in [6.07, 6.45) is -4.74. The number of halogens is 3. The second kappa shape index (κ2) is 8.46. The third-order valence-corrected chi connectivity index (χ3v) is 4.90. The highest BCUT2D eigenvalue weighted by molar-refractivity contribution is 5.87. The number of carbonyl (C=O) groups is 1. The summed E-state index contributed by atoms with van der Waals surface area (Å²) in [5, 5.41) is 4.56. The van der Waals surface area contributed by atoms with Crippen molar-refractivity contribution in [2.75, 3.05) is 26.4 Å². The Morgan fingerprint density at radius 2 is 1.94 bits per heavy atom. The molecule has 1 amide bonds. The topological polar surface area (TPSA) is 74.0 Å². The van der Waals surface area contributed by atoms with Gasteiger partial charge >= 0.3 is 6.36 Å². The van der Waals surface area contributed by atoms with E-state index in [0.29, 0.717) is 36.3 Å². The molecule has 164 valence electrons. The highest BCUT2D eigenvalue weighted by Gasteiger charge is 2.31. The van der Waals surface area contributed by atoms with E-state index in [-0.39, 0.29) is 30.2 Å². The summed E-state index contributed by atoms with van der Waals surface area (Å²) in [6, 6.07) is 10.6. The van der Waals surface area contributed by atoms with Crippen LogP contribution in [0, 0.1) is 0 Å². The first kappa shape index (κ1) is 21.0. The van der Waals surface area contributed by atoms with Crippen molar-refractivity contribution < 1.29 is 36.7 Å². The Morgan fingerprint density at radius 3 is 2.65 bits per heavy atom. The Hall–Kier alpha value is -3.27. The number of morpholine rings is 1. The lowest BCUT2D eigenvalue weighted by Crippen LogP contribution is -2.50. The molecule has 2 heterocycles. The SMILES string of the molecule is CC(=O)N1CCOC[C@@H]1COc1noc2ccc(-c3ccc(OC(F)(F)F)cc3)cc12. The number of benzene rings is 2. The first-order chi connectivity index (χ1) is 14.8. The number of fused-ring (bicyclic) bond motifs is 1. The van der Waals surface area contributed by atoms with E-state index in [2.05, 4.69) is 9.89 Å². The van der Waals surface area contributed by atoms with Crippen molar-refractivity contribution >= 4 is 16.9 Å². The Labute approximate surface area is 175 Å². The zero-order valence-electron chi connectivity index (χ0n) is 16.5. The van der Waals surface area contributed by atoms with Crippen LogP contribution >= 0.6 is 0 Å². The fourth-order valence-electron chi connectivity index (χ4n) is 3.43. The van der Waals surface area contributed by atoms with Crippen LogP contribution in [0.5, 0.6) is 11.6 Å². The maximum atomic E-state index is 12.3. The van der Waals surface area contributed by atoms with E-state index in [1.54, 1.807) is 23.1 Å². The Kier molecular flexibility index (Phi) is 5.73. The van der Waals surface area contributed by atoms with Gasteiger partial charge in [0.15, 0.2) is 5.58 Å². The zero-order valence-corrected chi connectivity index (χ0v) is 16.5. The number of aromatic nitrogens is 1. The van der Waals surface area contributed by atoms with Gasteiger partial charge in [0, 0.05) is 13.5 Å². The lowest BCUT2D eigenvalue weighted by Gasteiger charge is -2.34. The molecular formula is C21H19F3N2O5. The molecule has 0 spiro atoms. The molecule has 1 saturated heterocycles. The van der Waals surface area contributed by atoms with Gasteiger partial charge in [-0.05, 0) is 40.5 Å². The second-order valence-corrected chi connectivity index (χ2v) is 7.02. The zero-order chi connectivity index (χ0) is 22.0. The van der Waals surface area contributed by atoms with E-state index in [4.69, 9.17) is 14.0 Å². The molecule has 1 aliphatic rings. The molecule has 4 rings (SSSR count). The van der Waals surface area contributed by atoms with Gasteiger partial charge in [0.25, 0.3) is 5.88 Å². The number of hydrogen-bond donors (Lipinski definition) is 0. The molecule has 0 bridgehead atoms.